The number of nitrogens with one attached hydrogen (secondary N) is 2. The zero-order valence-corrected chi connectivity index (χ0v) is 28.3. The molecule has 266 valence electrons. The molecule has 4 aliphatic heterocycles. The van der Waals surface area contributed by atoms with Crippen molar-refractivity contribution in [2.75, 3.05) is 17.2 Å². The van der Waals surface area contributed by atoms with Crippen LogP contribution in [0.4, 0.5) is 9.93 Å². The lowest BCUT2D eigenvalue weighted by atomic mass is 10.0. The van der Waals surface area contributed by atoms with Crippen molar-refractivity contribution >= 4 is 81.3 Å². The monoisotopic (exact) mass is 759 g/mol. The molecule has 4 aliphatic rings. The van der Waals surface area contributed by atoms with Gasteiger partial charge in [0, 0.05) is 22.6 Å². The molecular weight excluding hydrogens is 735 g/mol. The zero-order chi connectivity index (χ0) is 36.7. The van der Waals surface area contributed by atoms with Gasteiger partial charge in [0.25, 0.3) is 11.8 Å². The first-order valence-electron chi connectivity index (χ1n) is 14.3. The molecule has 3 amide bonds. The van der Waals surface area contributed by atoms with E-state index in [1.54, 1.807) is 13.0 Å². The number of carbonyl (C=O) groups is 5. The van der Waals surface area contributed by atoms with E-state index in [1.807, 2.05) is 0 Å². The number of benzene rings is 1. The number of phenols is 2. The Bertz CT molecular complexity index is 2040. The fourth-order valence-corrected chi connectivity index (χ4v) is 8.22. The highest BCUT2D eigenvalue weighted by atomic mass is 32.2. The molecule has 2 aromatic rings. The van der Waals surface area contributed by atoms with Crippen molar-refractivity contribution in [3.8, 4) is 11.5 Å². The van der Waals surface area contributed by atoms with E-state index < -0.39 is 70.6 Å². The number of rotatable bonds is 11. The zero-order valence-electron chi connectivity index (χ0n) is 25.8. The Morgan fingerprint density at radius 2 is 1.96 bits per heavy atom. The van der Waals surface area contributed by atoms with Gasteiger partial charge < -0.3 is 41.4 Å². The number of amides is 3. The maximum absolute atomic E-state index is 13.5. The summed E-state index contributed by atoms with van der Waals surface area (Å²) in [5, 5.41) is 58.3. The number of hydrogen-bond donors (Lipinski definition) is 8. The molecule has 0 bridgehead atoms. The third-order valence-electron chi connectivity index (χ3n) is 7.41. The maximum Gasteiger partial charge on any atom is 0.427 e. The smallest absolute Gasteiger partial charge is 0.427 e. The number of nitrogens with zero attached hydrogens (tertiary/aromatic N) is 6. The highest BCUT2D eigenvalue weighted by Gasteiger charge is 2.54. The minimum atomic E-state index is -1.51. The minimum Gasteiger partial charge on any atom is -0.504 e. The molecule has 0 saturated carbocycles. The number of fused-ring (bicyclic) bond motifs is 2. The standard InChI is InChI=1S/C28H25N9O11S3/c1-10-2-17(37-16(30-10)5-35(34-37)28(46)47)49-7-12-8-50-24-19(23(41)36(24)20(12)26(44)45)32-22(40)18(14-9-51-27(29)31-14)33-48-6-11-3-13(25(42)43)21(39)15(38)4-11/h2-5,9,19,24,34,38-39H,6-8H2,1H3,(H2,29,31)(H,32,40)(H,42,43)(H,44,45)(H,46,47)/b33-18-/t19-,24-/m1/s1. The first-order valence-corrected chi connectivity index (χ1v) is 17.3. The molecule has 6 rings (SSSR count). The summed E-state index contributed by atoms with van der Waals surface area (Å²) >= 11 is 3.43. The van der Waals surface area contributed by atoms with E-state index in [1.165, 1.54) is 40.1 Å². The van der Waals surface area contributed by atoms with Gasteiger partial charge in [-0.3, -0.25) is 14.5 Å². The quantitative estimate of drug-likeness (QED) is 0.0687. The van der Waals surface area contributed by atoms with E-state index in [4.69, 9.17) is 10.6 Å². The van der Waals surface area contributed by atoms with Crippen LogP contribution in [0.1, 0.15) is 28.5 Å². The Morgan fingerprint density at radius 1 is 1.20 bits per heavy atom. The van der Waals surface area contributed by atoms with Crippen LogP contribution in [0.2, 0.25) is 0 Å². The Kier molecular flexibility index (Phi) is 9.52. The number of thioether (sulfide) groups is 2. The van der Waals surface area contributed by atoms with Crippen molar-refractivity contribution in [1.82, 2.24) is 30.8 Å². The molecule has 0 spiro atoms. The van der Waals surface area contributed by atoms with Crippen molar-refractivity contribution in [3.63, 3.8) is 0 Å². The number of aromatic nitrogens is 1. The van der Waals surface area contributed by atoms with Crippen molar-refractivity contribution in [1.29, 1.82) is 0 Å². The summed E-state index contributed by atoms with van der Waals surface area (Å²) in [5.41, 5.74) is 8.29. The lowest BCUT2D eigenvalue weighted by Gasteiger charge is -2.49. The molecule has 1 aromatic heterocycles. The number of aliphatic imine (C=N–C) groups is 1. The molecule has 0 radical (unpaired) electrons. The Hall–Kier alpha value is -5.78. The van der Waals surface area contributed by atoms with E-state index >= 15 is 0 Å². The number of carboxylic acids is 2. The number of thiazole rings is 1. The highest BCUT2D eigenvalue weighted by molar-refractivity contribution is 8.03. The number of carboxylic acid groups (broad SMARTS) is 3. The van der Waals surface area contributed by atoms with E-state index in [0.717, 1.165) is 33.4 Å². The molecule has 9 N–H and O–H groups in total. The number of phenolic OH excluding ortho intramolecular Hbond substituents is 1. The summed E-state index contributed by atoms with van der Waals surface area (Å²) in [5.74, 6) is -5.35. The first-order chi connectivity index (χ1) is 24.2. The van der Waals surface area contributed by atoms with Crippen LogP contribution in [-0.4, -0.2) is 110 Å². The van der Waals surface area contributed by atoms with Gasteiger partial charge in [-0.05, 0) is 36.3 Å². The number of oxime groups is 1. The van der Waals surface area contributed by atoms with Crippen molar-refractivity contribution in [2.24, 2.45) is 10.1 Å². The van der Waals surface area contributed by atoms with E-state index in [2.05, 4.69) is 26.0 Å². The second-order valence-corrected chi connectivity index (χ2v) is 13.8. The van der Waals surface area contributed by atoms with Gasteiger partial charge in [-0.2, -0.15) is 5.01 Å². The number of aromatic hydroxyl groups is 2. The summed E-state index contributed by atoms with van der Waals surface area (Å²) in [7, 11) is 0. The number of carbonyl (C=O) groups excluding carboxylic acids is 2. The van der Waals surface area contributed by atoms with Gasteiger partial charge in [0.15, 0.2) is 28.2 Å². The predicted molar refractivity (Wildman–Crippen MR) is 181 cm³/mol. The van der Waals surface area contributed by atoms with Gasteiger partial charge in [-0.15, -0.1) is 40.4 Å². The number of β-lactam (4-membered cyclic amide) rings is 1. The second-order valence-electron chi connectivity index (χ2n) is 10.8. The molecule has 51 heavy (non-hydrogen) atoms. The fourth-order valence-electron chi connectivity index (χ4n) is 5.12. The van der Waals surface area contributed by atoms with Crippen LogP contribution in [0.15, 0.2) is 62.1 Å². The average Bonchev–Trinajstić information content (AvgIpc) is 3.71. The third-order valence-corrected chi connectivity index (χ3v) is 10.5. The molecule has 20 nitrogen and oxygen atoms in total. The number of nitrogen functional groups attached to an aromatic ring is 1. The van der Waals surface area contributed by atoms with Gasteiger partial charge in [0.1, 0.15) is 35.0 Å². The van der Waals surface area contributed by atoms with Crippen LogP contribution in [-0.2, 0) is 25.8 Å². The van der Waals surface area contributed by atoms with Crippen LogP contribution in [0.5, 0.6) is 11.5 Å². The normalized spacial score (nSPS) is 19.8. The lowest BCUT2D eigenvalue weighted by Crippen LogP contribution is -2.71. The van der Waals surface area contributed by atoms with E-state index in [-0.39, 0.29) is 33.6 Å². The number of anilines is 1. The van der Waals surface area contributed by atoms with Gasteiger partial charge >= 0.3 is 18.0 Å². The highest BCUT2D eigenvalue weighted by Crippen LogP contribution is 2.42. The number of hydrogen-bond acceptors (Lipinski definition) is 17. The van der Waals surface area contributed by atoms with Crippen molar-refractivity contribution in [3.05, 3.63) is 68.7 Å². The molecule has 0 aliphatic carbocycles. The van der Waals surface area contributed by atoms with Crippen LogP contribution >= 0.6 is 34.9 Å². The second kappa shape index (κ2) is 13.9. The van der Waals surface area contributed by atoms with Gasteiger partial charge in [0.2, 0.25) is 0 Å². The Morgan fingerprint density at radius 3 is 2.63 bits per heavy atom. The number of hydrazine groups is 2. The molecule has 1 saturated heterocycles. The molecule has 23 heteroatoms. The largest absolute Gasteiger partial charge is 0.504 e. The summed E-state index contributed by atoms with van der Waals surface area (Å²) in [6.45, 7) is 1.28. The minimum absolute atomic E-state index is 0.00518. The molecule has 2 atom stereocenters. The number of allylic oxidation sites excluding steroid dienone is 1. The number of aromatic carboxylic acids is 1. The van der Waals surface area contributed by atoms with Gasteiger partial charge in [-0.25, -0.2) is 29.4 Å². The fraction of sp³-hybridized carbons (Fsp3) is 0.214. The molecule has 0 unspecified atom stereocenters. The van der Waals surface area contributed by atoms with Gasteiger partial charge in [-0.1, -0.05) is 5.16 Å². The SMILES string of the molecule is CC1=NC2=CN(C(=O)O)NN2C(SCC2=C(C(=O)O)N3C(=O)[C@@H](NC(=O)/C(=N\OCc4cc(O)c(O)c(C(=O)O)c4)c4csc(N)n4)[C@H]3SC2)=C1. The Balaban J connectivity index is 1.16. The van der Waals surface area contributed by atoms with E-state index in [0.29, 0.717) is 22.1 Å². The molecule has 5 heterocycles. The van der Waals surface area contributed by atoms with Crippen molar-refractivity contribution < 1.29 is 54.3 Å². The lowest BCUT2D eigenvalue weighted by molar-refractivity contribution is -0.150. The molecule has 1 aromatic carbocycles. The van der Waals surface area contributed by atoms with Crippen molar-refractivity contribution in [2.45, 2.75) is 24.9 Å². The molecule has 1 fully saturated rings. The summed E-state index contributed by atoms with van der Waals surface area (Å²) < 4.78 is 0. The number of aliphatic carboxylic acids is 1. The summed E-state index contributed by atoms with van der Waals surface area (Å²) in [6, 6.07) is 0.941. The average molecular weight is 760 g/mol. The summed E-state index contributed by atoms with van der Waals surface area (Å²) in [6.07, 6.45) is 1.73. The maximum atomic E-state index is 13.5. The third kappa shape index (κ3) is 6.86. The summed E-state index contributed by atoms with van der Waals surface area (Å²) in [4.78, 5) is 76.8. The predicted octanol–water partition coefficient (Wildman–Crippen LogP) is 1.06. The number of nitrogens with two attached hydrogens (primary N) is 1. The molecular formula is C28H25N9O11S3. The first kappa shape index (κ1) is 35.1. The van der Waals surface area contributed by atoms with Gasteiger partial charge in [0.05, 0.1) is 11.2 Å². The van der Waals surface area contributed by atoms with Crippen LogP contribution in [0.3, 0.4) is 0 Å². The Labute approximate surface area is 298 Å². The van der Waals surface area contributed by atoms with E-state index in [9.17, 15) is 49.5 Å². The van der Waals surface area contributed by atoms with Crippen LogP contribution in [0.25, 0.3) is 0 Å². The topological polar surface area (TPSA) is 293 Å². The van der Waals surface area contributed by atoms with Crippen LogP contribution in [0, 0.1) is 0 Å². The van der Waals surface area contributed by atoms with Crippen LogP contribution < -0.4 is 16.6 Å².